The van der Waals surface area contributed by atoms with E-state index >= 15 is 0 Å². The molecule has 0 aromatic carbocycles. The lowest BCUT2D eigenvalue weighted by molar-refractivity contribution is -0.178. The first-order valence-electron chi connectivity index (χ1n) is 9.52. The number of carbonyl (C=O) groups excluding carboxylic acids is 2. The third-order valence-electron chi connectivity index (χ3n) is 5.59. The van der Waals surface area contributed by atoms with E-state index in [1.165, 1.54) is 0 Å². The molecule has 7 unspecified atom stereocenters. The fourth-order valence-electron chi connectivity index (χ4n) is 3.86. The average Bonchev–Trinajstić information content (AvgIpc) is 3.26. The molecule has 0 bridgehead atoms. The highest BCUT2D eigenvalue weighted by Crippen LogP contribution is 2.42. The highest BCUT2D eigenvalue weighted by Gasteiger charge is 2.63. The molecule has 4 aliphatic rings. The van der Waals surface area contributed by atoms with E-state index in [9.17, 15) is 9.59 Å². The Morgan fingerprint density at radius 2 is 1.96 bits per heavy atom. The van der Waals surface area contributed by atoms with Crippen LogP contribution >= 0.6 is 0 Å². The van der Waals surface area contributed by atoms with Crippen molar-refractivity contribution in [1.82, 2.24) is 0 Å². The van der Waals surface area contributed by atoms with Gasteiger partial charge in [0.25, 0.3) is 0 Å². The molecule has 0 aromatic rings. The maximum atomic E-state index is 12.0. The lowest BCUT2D eigenvalue weighted by atomic mass is 9.76. The zero-order valence-electron chi connectivity index (χ0n) is 16.0. The molecule has 7 atom stereocenters. The molecule has 27 heavy (non-hydrogen) atoms. The summed E-state index contributed by atoms with van der Waals surface area (Å²) in [6, 6.07) is 0. The van der Waals surface area contributed by atoms with E-state index in [0.717, 1.165) is 12.0 Å². The Morgan fingerprint density at radius 1 is 1.19 bits per heavy atom. The first-order valence-corrected chi connectivity index (χ1v) is 9.52. The van der Waals surface area contributed by atoms with E-state index in [4.69, 9.17) is 23.7 Å². The average molecular weight is 378 g/mol. The van der Waals surface area contributed by atoms with Crippen molar-refractivity contribution in [3.8, 4) is 0 Å². The number of ether oxygens (including phenoxy) is 5. The minimum Gasteiger partial charge on any atom is -0.454 e. The molecule has 0 spiro atoms. The summed E-state index contributed by atoms with van der Waals surface area (Å²) < 4.78 is 28.3. The smallest absolute Gasteiger partial charge is 0.350 e. The Morgan fingerprint density at radius 3 is 2.59 bits per heavy atom. The normalized spacial score (nSPS) is 40.4. The molecular formula is C20H26O7. The number of rotatable bonds is 3. The topological polar surface area (TPSA) is 80.3 Å². The van der Waals surface area contributed by atoms with Crippen LogP contribution in [0.3, 0.4) is 0 Å². The van der Waals surface area contributed by atoms with Crippen molar-refractivity contribution in [2.45, 2.75) is 77.5 Å². The SMILES string of the molecule is CCC(=O)OC1C(=O)OC2C3OC(C4=CCC(C(C)(C)C)C=C4)OC3OC12. The predicted octanol–water partition coefficient (Wildman–Crippen LogP) is 2.25. The number of carbonyl (C=O) groups is 2. The van der Waals surface area contributed by atoms with Gasteiger partial charge in [-0.05, 0) is 17.8 Å². The van der Waals surface area contributed by atoms with Crippen LogP contribution in [0.1, 0.15) is 40.5 Å². The van der Waals surface area contributed by atoms with Crippen molar-refractivity contribution in [1.29, 1.82) is 0 Å². The van der Waals surface area contributed by atoms with Gasteiger partial charge in [0, 0.05) is 12.0 Å². The number of esters is 2. The second-order valence-electron chi connectivity index (χ2n) is 8.47. The van der Waals surface area contributed by atoms with Gasteiger partial charge in [0.15, 0.2) is 24.8 Å². The lowest BCUT2D eigenvalue weighted by Gasteiger charge is -2.30. The Hall–Kier alpha value is -1.70. The molecule has 0 aromatic heterocycles. The summed E-state index contributed by atoms with van der Waals surface area (Å²) in [5.41, 5.74) is 1.15. The van der Waals surface area contributed by atoms with Gasteiger partial charge in [-0.3, -0.25) is 4.79 Å². The Labute approximate surface area is 158 Å². The van der Waals surface area contributed by atoms with Gasteiger partial charge in [0.05, 0.1) is 0 Å². The maximum Gasteiger partial charge on any atom is 0.350 e. The van der Waals surface area contributed by atoms with E-state index in [1.54, 1.807) is 6.92 Å². The molecule has 3 fully saturated rings. The van der Waals surface area contributed by atoms with Crippen LogP contribution in [0, 0.1) is 11.3 Å². The molecule has 7 heteroatoms. The Balaban J connectivity index is 1.40. The van der Waals surface area contributed by atoms with Crippen molar-refractivity contribution in [3.05, 3.63) is 23.8 Å². The summed E-state index contributed by atoms with van der Waals surface area (Å²) >= 11 is 0. The third kappa shape index (κ3) is 3.32. The van der Waals surface area contributed by atoms with Crippen LogP contribution in [0.25, 0.3) is 0 Å². The van der Waals surface area contributed by atoms with Crippen LogP contribution in [0.15, 0.2) is 23.8 Å². The first-order chi connectivity index (χ1) is 12.8. The fourth-order valence-corrected chi connectivity index (χ4v) is 3.86. The molecule has 7 nitrogen and oxygen atoms in total. The summed E-state index contributed by atoms with van der Waals surface area (Å²) in [4.78, 5) is 23.6. The molecule has 3 heterocycles. The highest BCUT2D eigenvalue weighted by molar-refractivity contribution is 5.82. The molecule has 0 amide bonds. The van der Waals surface area contributed by atoms with Crippen molar-refractivity contribution in [2.24, 2.45) is 11.3 Å². The molecule has 0 N–H and O–H groups in total. The van der Waals surface area contributed by atoms with E-state index in [0.29, 0.717) is 5.92 Å². The van der Waals surface area contributed by atoms with Crippen molar-refractivity contribution in [2.75, 3.05) is 0 Å². The van der Waals surface area contributed by atoms with Crippen LogP contribution in [0.2, 0.25) is 0 Å². The van der Waals surface area contributed by atoms with Gasteiger partial charge in [-0.2, -0.15) is 0 Å². The summed E-state index contributed by atoms with van der Waals surface area (Å²) in [7, 11) is 0. The molecule has 0 saturated carbocycles. The van der Waals surface area contributed by atoms with Gasteiger partial charge in [-0.25, -0.2) is 4.79 Å². The molecule has 148 valence electrons. The number of fused-ring (bicyclic) bond motifs is 3. The zero-order chi connectivity index (χ0) is 19.3. The van der Waals surface area contributed by atoms with E-state index in [1.807, 2.05) is 6.08 Å². The number of allylic oxidation sites excluding steroid dienone is 2. The van der Waals surface area contributed by atoms with E-state index in [2.05, 4.69) is 32.9 Å². The lowest BCUT2D eigenvalue weighted by Crippen LogP contribution is -2.36. The van der Waals surface area contributed by atoms with Gasteiger partial charge in [0.2, 0.25) is 6.10 Å². The second-order valence-corrected chi connectivity index (χ2v) is 8.47. The van der Waals surface area contributed by atoms with Gasteiger partial charge in [-0.15, -0.1) is 0 Å². The molecule has 3 aliphatic heterocycles. The summed E-state index contributed by atoms with van der Waals surface area (Å²) in [6.07, 6.45) is 3.37. The summed E-state index contributed by atoms with van der Waals surface area (Å²) in [6.45, 7) is 8.32. The van der Waals surface area contributed by atoms with Gasteiger partial charge in [0.1, 0.15) is 6.10 Å². The van der Waals surface area contributed by atoms with Gasteiger partial charge in [-0.1, -0.05) is 45.9 Å². The molecule has 3 saturated heterocycles. The van der Waals surface area contributed by atoms with Crippen LogP contribution in [0.4, 0.5) is 0 Å². The van der Waals surface area contributed by atoms with Gasteiger partial charge >= 0.3 is 11.9 Å². The number of hydrogen-bond acceptors (Lipinski definition) is 7. The Kier molecular flexibility index (Phi) is 4.64. The van der Waals surface area contributed by atoms with E-state index in [-0.39, 0.29) is 11.8 Å². The third-order valence-corrected chi connectivity index (χ3v) is 5.59. The van der Waals surface area contributed by atoms with Crippen LogP contribution in [-0.2, 0) is 33.3 Å². The van der Waals surface area contributed by atoms with Gasteiger partial charge < -0.3 is 23.7 Å². The quantitative estimate of drug-likeness (QED) is 0.697. The highest BCUT2D eigenvalue weighted by atomic mass is 16.8. The largest absolute Gasteiger partial charge is 0.454 e. The van der Waals surface area contributed by atoms with Crippen molar-refractivity contribution >= 4 is 11.9 Å². The standard InChI is InChI=1S/C20H26O7/c1-5-12(21)23-15-13-14(24-17(15)22)16-19(25-13)27-18(26-16)10-6-8-11(9-7-10)20(2,3)4/h6-8,11,13-16,18-19H,5,9H2,1-4H3. The minimum atomic E-state index is -1.06. The second kappa shape index (κ2) is 6.72. The van der Waals surface area contributed by atoms with Crippen LogP contribution in [-0.4, -0.2) is 48.9 Å². The maximum absolute atomic E-state index is 12.0. The first kappa shape index (κ1) is 18.7. The molecular weight excluding hydrogens is 352 g/mol. The molecule has 0 radical (unpaired) electrons. The monoisotopic (exact) mass is 378 g/mol. The minimum absolute atomic E-state index is 0.180. The summed E-state index contributed by atoms with van der Waals surface area (Å²) in [5.74, 6) is -0.599. The zero-order valence-corrected chi connectivity index (χ0v) is 16.0. The molecule has 4 rings (SSSR count). The fraction of sp³-hybridized carbons (Fsp3) is 0.700. The van der Waals surface area contributed by atoms with Crippen molar-refractivity contribution < 1.29 is 33.3 Å². The summed E-state index contributed by atoms with van der Waals surface area (Å²) in [5, 5.41) is 0. The molecule has 1 aliphatic carbocycles. The van der Waals surface area contributed by atoms with E-state index < -0.39 is 48.9 Å². The number of hydrogen-bond donors (Lipinski definition) is 0. The van der Waals surface area contributed by atoms with Crippen LogP contribution in [0.5, 0.6) is 0 Å². The van der Waals surface area contributed by atoms with Crippen LogP contribution < -0.4 is 0 Å². The van der Waals surface area contributed by atoms with Crippen molar-refractivity contribution in [3.63, 3.8) is 0 Å². The Bertz CT molecular complexity index is 689. The predicted molar refractivity (Wildman–Crippen MR) is 93.2 cm³/mol.